The quantitative estimate of drug-likeness (QED) is 0.709. The van der Waals surface area contributed by atoms with E-state index in [0.29, 0.717) is 19.0 Å². The number of hydrogen-bond donors (Lipinski definition) is 1. The molecule has 0 aromatic rings. The second-order valence-corrected chi connectivity index (χ2v) is 4.70. The van der Waals surface area contributed by atoms with E-state index >= 15 is 0 Å². The minimum atomic E-state index is -0.274. The van der Waals surface area contributed by atoms with Crippen LogP contribution in [-0.2, 0) is 14.3 Å². The van der Waals surface area contributed by atoms with E-state index < -0.39 is 0 Å². The summed E-state index contributed by atoms with van der Waals surface area (Å²) in [5.74, 6) is -0.464. The highest BCUT2D eigenvalue weighted by Crippen LogP contribution is 2.11. The minimum absolute atomic E-state index is 0.0835. The molecule has 0 spiro atoms. The molecule has 98 valence electrons. The molecule has 1 rings (SSSR count). The summed E-state index contributed by atoms with van der Waals surface area (Å²) in [4.78, 5) is 24.7. The van der Waals surface area contributed by atoms with Crippen LogP contribution in [0, 0.1) is 5.92 Å². The first-order valence-corrected chi connectivity index (χ1v) is 6.09. The third-order valence-corrected chi connectivity index (χ3v) is 3.16. The molecular formula is C12H22N2O3. The van der Waals surface area contributed by atoms with E-state index in [2.05, 4.69) is 10.1 Å². The smallest absolute Gasteiger partial charge is 0.310 e. The highest BCUT2D eigenvalue weighted by Gasteiger charge is 2.22. The van der Waals surface area contributed by atoms with Crippen LogP contribution in [0.3, 0.4) is 0 Å². The van der Waals surface area contributed by atoms with Gasteiger partial charge in [0.15, 0.2) is 0 Å². The number of amides is 1. The van der Waals surface area contributed by atoms with E-state index in [0.717, 1.165) is 19.4 Å². The predicted molar refractivity (Wildman–Crippen MR) is 64.5 cm³/mol. The second kappa shape index (κ2) is 6.59. The van der Waals surface area contributed by atoms with Crippen LogP contribution in [0.2, 0.25) is 0 Å². The molecule has 2 atom stereocenters. The average Bonchev–Trinajstić information content (AvgIpc) is 2.80. The molecule has 1 N–H and O–H groups in total. The number of ether oxygens (including phenoxy) is 1. The fourth-order valence-corrected chi connectivity index (χ4v) is 2.09. The van der Waals surface area contributed by atoms with Gasteiger partial charge in [-0.25, -0.2) is 0 Å². The lowest BCUT2D eigenvalue weighted by atomic mass is 10.1. The molecule has 0 radical (unpaired) electrons. The number of nitrogens with zero attached hydrogens (tertiary/aromatic N) is 1. The monoisotopic (exact) mass is 242 g/mol. The first kappa shape index (κ1) is 14.0. The third kappa shape index (κ3) is 4.34. The maximum absolute atomic E-state index is 11.9. The average molecular weight is 242 g/mol. The molecule has 1 saturated heterocycles. The van der Waals surface area contributed by atoms with Crippen molar-refractivity contribution in [3.8, 4) is 0 Å². The second-order valence-electron chi connectivity index (χ2n) is 4.70. The topological polar surface area (TPSA) is 58.6 Å². The van der Waals surface area contributed by atoms with Crippen molar-refractivity contribution in [2.24, 2.45) is 5.92 Å². The maximum atomic E-state index is 11.9. The SMILES string of the molecule is COC(=O)C(C)CN(C)C(=O)CC1CCCN1. The fraction of sp³-hybridized carbons (Fsp3) is 0.833. The summed E-state index contributed by atoms with van der Waals surface area (Å²) in [6.07, 6.45) is 2.72. The molecule has 1 aliphatic rings. The van der Waals surface area contributed by atoms with Crippen molar-refractivity contribution in [2.75, 3.05) is 27.2 Å². The summed E-state index contributed by atoms with van der Waals surface area (Å²) in [7, 11) is 3.10. The van der Waals surface area contributed by atoms with E-state index in [1.807, 2.05) is 0 Å². The summed E-state index contributed by atoms with van der Waals surface area (Å²) in [5, 5.41) is 3.29. The van der Waals surface area contributed by atoms with Gasteiger partial charge < -0.3 is 15.0 Å². The Morgan fingerprint density at radius 3 is 2.76 bits per heavy atom. The van der Waals surface area contributed by atoms with Gasteiger partial charge in [0, 0.05) is 26.1 Å². The molecule has 0 saturated carbocycles. The van der Waals surface area contributed by atoms with Crippen LogP contribution in [0.15, 0.2) is 0 Å². The van der Waals surface area contributed by atoms with E-state index in [9.17, 15) is 9.59 Å². The van der Waals surface area contributed by atoms with Crippen LogP contribution >= 0.6 is 0 Å². The fourth-order valence-electron chi connectivity index (χ4n) is 2.09. The first-order chi connectivity index (χ1) is 8.04. The Labute approximate surface area is 102 Å². The Balaban J connectivity index is 2.32. The van der Waals surface area contributed by atoms with Gasteiger partial charge in [0.1, 0.15) is 0 Å². The zero-order chi connectivity index (χ0) is 12.8. The Morgan fingerprint density at radius 1 is 1.53 bits per heavy atom. The van der Waals surface area contributed by atoms with Gasteiger partial charge in [-0.2, -0.15) is 0 Å². The van der Waals surface area contributed by atoms with Crippen molar-refractivity contribution in [3.63, 3.8) is 0 Å². The molecule has 2 unspecified atom stereocenters. The maximum Gasteiger partial charge on any atom is 0.310 e. The van der Waals surface area contributed by atoms with Gasteiger partial charge in [0.25, 0.3) is 0 Å². The number of hydrogen-bond acceptors (Lipinski definition) is 4. The molecule has 0 aromatic heterocycles. The number of rotatable bonds is 5. The van der Waals surface area contributed by atoms with Crippen LogP contribution in [0.5, 0.6) is 0 Å². The van der Waals surface area contributed by atoms with Gasteiger partial charge in [-0.3, -0.25) is 9.59 Å². The summed E-state index contributed by atoms with van der Waals surface area (Å²) in [6, 6.07) is 0.304. The van der Waals surface area contributed by atoms with Gasteiger partial charge >= 0.3 is 5.97 Å². The lowest BCUT2D eigenvalue weighted by Crippen LogP contribution is -2.37. The zero-order valence-corrected chi connectivity index (χ0v) is 10.9. The molecule has 0 aromatic carbocycles. The normalized spacial score (nSPS) is 21.0. The number of carbonyl (C=O) groups is 2. The van der Waals surface area contributed by atoms with Crippen LogP contribution in [0.25, 0.3) is 0 Å². The van der Waals surface area contributed by atoms with E-state index in [4.69, 9.17) is 0 Å². The van der Waals surface area contributed by atoms with Crippen LogP contribution in [0.4, 0.5) is 0 Å². The standard InChI is InChI=1S/C12H22N2O3/c1-9(12(16)17-3)8-14(2)11(15)7-10-5-4-6-13-10/h9-10,13H,4-8H2,1-3H3. The van der Waals surface area contributed by atoms with E-state index in [1.54, 1.807) is 18.9 Å². The molecule has 1 aliphatic heterocycles. The zero-order valence-electron chi connectivity index (χ0n) is 10.9. The number of carbonyl (C=O) groups excluding carboxylic acids is 2. The Bertz CT molecular complexity index is 275. The van der Waals surface area contributed by atoms with Crippen molar-refractivity contribution in [1.82, 2.24) is 10.2 Å². The van der Waals surface area contributed by atoms with Crippen molar-refractivity contribution in [3.05, 3.63) is 0 Å². The van der Waals surface area contributed by atoms with Crippen molar-refractivity contribution in [2.45, 2.75) is 32.2 Å². The van der Waals surface area contributed by atoms with Crippen LogP contribution in [0.1, 0.15) is 26.2 Å². The highest BCUT2D eigenvalue weighted by atomic mass is 16.5. The molecule has 17 heavy (non-hydrogen) atoms. The Morgan fingerprint density at radius 2 is 2.24 bits per heavy atom. The molecular weight excluding hydrogens is 220 g/mol. The summed E-state index contributed by atoms with van der Waals surface area (Å²) < 4.78 is 4.64. The van der Waals surface area contributed by atoms with Crippen molar-refractivity contribution in [1.29, 1.82) is 0 Å². The summed E-state index contributed by atoms with van der Waals surface area (Å²) in [6.45, 7) is 3.18. The molecule has 0 bridgehead atoms. The molecule has 1 heterocycles. The Kier molecular flexibility index (Phi) is 5.41. The molecule has 0 aliphatic carbocycles. The number of esters is 1. The van der Waals surface area contributed by atoms with Gasteiger partial charge in [-0.05, 0) is 19.4 Å². The lowest BCUT2D eigenvalue weighted by molar-refractivity contribution is -0.146. The first-order valence-electron chi connectivity index (χ1n) is 6.09. The third-order valence-electron chi connectivity index (χ3n) is 3.16. The number of methoxy groups -OCH3 is 1. The summed E-state index contributed by atoms with van der Waals surface area (Å²) >= 11 is 0. The van der Waals surface area contributed by atoms with Crippen molar-refractivity contribution < 1.29 is 14.3 Å². The highest BCUT2D eigenvalue weighted by molar-refractivity contribution is 5.78. The van der Waals surface area contributed by atoms with Crippen molar-refractivity contribution >= 4 is 11.9 Å². The number of nitrogens with one attached hydrogen (secondary N) is 1. The molecule has 1 amide bonds. The Hall–Kier alpha value is -1.10. The van der Waals surface area contributed by atoms with Crippen LogP contribution in [-0.4, -0.2) is 50.1 Å². The van der Waals surface area contributed by atoms with Gasteiger partial charge in [-0.15, -0.1) is 0 Å². The van der Waals surface area contributed by atoms with E-state index in [1.165, 1.54) is 7.11 Å². The van der Waals surface area contributed by atoms with Crippen LogP contribution < -0.4 is 5.32 Å². The molecule has 5 nitrogen and oxygen atoms in total. The molecule has 5 heteroatoms. The van der Waals surface area contributed by atoms with Gasteiger partial charge in [-0.1, -0.05) is 6.92 Å². The predicted octanol–water partition coefficient (Wildman–Crippen LogP) is 0.396. The minimum Gasteiger partial charge on any atom is -0.469 e. The van der Waals surface area contributed by atoms with Gasteiger partial charge in [0.05, 0.1) is 13.0 Å². The largest absolute Gasteiger partial charge is 0.469 e. The molecule has 1 fully saturated rings. The van der Waals surface area contributed by atoms with E-state index in [-0.39, 0.29) is 17.8 Å². The van der Waals surface area contributed by atoms with Gasteiger partial charge in [0.2, 0.25) is 5.91 Å². The summed E-state index contributed by atoms with van der Waals surface area (Å²) in [5.41, 5.74) is 0. The lowest BCUT2D eigenvalue weighted by Gasteiger charge is -2.21.